The Morgan fingerprint density at radius 1 is 0.975 bits per heavy atom. The van der Waals surface area contributed by atoms with Crippen molar-refractivity contribution in [1.82, 2.24) is 4.90 Å². The first-order valence-electron chi connectivity index (χ1n) is 13.6. The molecule has 2 heterocycles. The van der Waals surface area contributed by atoms with E-state index in [2.05, 4.69) is 51.9 Å². The average Bonchev–Trinajstić information content (AvgIpc) is 3.26. The van der Waals surface area contributed by atoms with Gasteiger partial charge in [-0.1, -0.05) is 36.4 Å². The highest BCUT2D eigenvalue weighted by atomic mass is 32.2. The van der Waals surface area contributed by atoms with Crippen LogP contribution in [0.3, 0.4) is 0 Å². The number of methoxy groups -OCH3 is 1. The Morgan fingerprint density at radius 3 is 2.50 bits per heavy atom. The van der Waals surface area contributed by atoms with E-state index in [1.807, 2.05) is 30.3 Å². The van der Waals surface area contributed by atoms with Crippen molar-refractivity contribution in [2.75, 3.05) is 24.3 Å². The lowest BCUT2D eigenvalue weighted by Gasteiger charge is -2.24. The molecule has 0 saturated carbocycles. The molecular weight excluding hydrogens is 521 g/mol. The zero-order chi connectivity index (χ0) is 27.5. The Morgan fingerprint density at radius 2 is 1.73 bits per heavy atom. The lowest BCUT2D eigenvalue weighted by Crippen LogP contribution is -2.39. The van der Waals surface area contributed by atoms with Gasteiger partial charge in [-0.25, -0.2) is 4.39 Å². The van der Waals surface area contributed by atoms with E-state index in [-0.39, 0.29) is 23.0 Å². The number of fused-ring (bicyclic) bond motifs is 2. The molecule has 1 saturated heterocycles. The average molecular weight is 554 g/mol. The molecule has 2 N–H and O–H groups in total. The fourth-order valence-corrected chi connectivity index (χ4v) is 6.78. The van der Waals surface area contributed by atoms with Gasteiger partial charge in [-0.15, -0.1) is 11.8 Å². The molecule has 0 aliphatic carbocycles. The van der Waals surface area contributed by atoms with Gasteiger partial charge in [-0.3, -0.25) is 9.69 Å². The number of likely N-dealkylation sites (tertiary alicyclic amines) is 1. The Balaban J connectivity index is 1.19. The fourth-order valence-electron chi connectivity index (χ4n) is 5.55. The van der Waals surface area contributed by atoms with Crippen LogP contribution in [-0.2, 0) is 24.2 Å². The highest BCUT2D eigenvalue weighted by molar-refractivity contribution is 8.00. The van der Waals surface area contributed by atoms with Gasteiger partial charge in [-0.05, 0) is 90.6 Å². The number of rotatable bonds is 7. The van der Waals surface area contributed by atoms with Gasteiger partial charge in [0.15, 0.2) is 0 Å². The van der Waals surface area contributed by atoms with Gasteiger partial charge >= 0.3 is 0 Å². The summed E-state index contributed by atoms with van der Waals surface area (Å²) in [7, 11) is 1.66. The molecule has 40 heavy (non-hydrogen) atoms. The zero-order valence-corrected chi connectivity index (χ0v) is 23.2. The van der Waals surface area contributed by atoms with E-state index in [0.717, 1.165) is 59.1 Å². The number of thioether (sulfide) groups is 1. The van der Waals surface area contributed by atoms with Crippen molar-refractivity contribution in [3.63, 3.8) is 0 Å². The van der Waals surface area contributed by atoms with Crippen molar-refractivity contribution in [3.05, 3.63) is 114 Å². The van der Waals surface area contributed by atoms with E-state index in [0.29, 0.717) is 6.54 Å². The predicted molar refractivity (Wildman–Crippen MR) is 160 cm³/mol. The monoisotopic (exact) mass is 553 g/mol. The number of amides is 1. The third-order valence-corrected chi connectivity index (χ3v) is 8.88. The molecule has 0 radical (unpaired) electrons. The van der Waals surface area contributed by atoms with E-state index in [9.17, 15) is 9.18 Å². The smallest absolute Gasteiger partial charge is 0.241 e. The maximum atomic E-state index is 13.7. The number of anilines is 3. The summed E-state index contributed by atoms with van der Waals surface area (Å²) in [5.41, 5.74) is 6.46. The zero-order valence-electron chi connectivity index (χ0n) is 22.4. The minimum absolute atomic E-state index is 0.0195. The van der Waals surface area contributed by atoms with Crippen molar-refractivity contribution in [2.45, 2.75) is 42.0 Å². The summed E-state index contributed by atoms with van der Waals surface area (Å²) < 4.78 is 18.8. The first kappa shape index (κ1) is 26.4. The second-order valence-corrected chi connectivity index (χ2v) is 11.7. The molecule has 2 aliphatic rings. The van der Waals surface area contributed by atoms with Gasteiger partial charge in [0, 0.05) is 40.3 Å². The fraction of sp³-hybridized carbons (Fsp3) is 0.242. The van der Waals surface area contributed by atoms with Crippen molar-refractivity contribution >= 4 is 34.7 Å². The molecular formula is C33H32FN3O2S. The topological polar surface area (TPSA) is 53.6 Å². The van der Waals surface area contributed by atoms with Crippen molar-refractivity contribution in [2.24, 2.45) is 0 Å². The van der Waals surface area contributed by atoms with Gasteiger partial charge in [0.1, 0.15) is 11.6 Å². The standard InChI is InChI=1S/C33H32FN3O2S/c1-39-27-14-16-28(17-15-27)40-29-19-32(37(21-29)20-22-6-11-25(34)12-7-22)33(38)35-26-13-10-24-9-8-23-4-2-3-5-30(23)36-31(24)18-26/h2-7,10-18,29,32,36H,8-9,19-21H2,1H3,(H,35,38)/t29-,32+/m1/s1. The number of halogens is 1. The molecule has 1 amide bonds. The molecule has 0 unspecified atom stereocenters. The number of aryl methyl sites for hydroxylation is 2. The van der Waals surface area contributed by atoms with E-state index in [4.69, 9.17) is 4.74 Å². The number of nitrogens with one attached hydrogen (secondary N) is 2. The molecule has 5 nitrogen and oxygen atoms in total. The van der Waals surface area contributed by atoms with Crippen LogP contribution < -0.4 is 15.4 Å². The summed E-state index contributed by atoms with van der Waals surface area (Å²) in [6, 6.07) is 28.8. The third-order valence-electron chi connectivity index (χ3n) is 7.66. The van der Waals surface area contributed by atoms with E-state index >= 15 is 0 Å². The van der Waals surface area contributed by atoms with E-state index < -0.39 is 0 Å². The van der Waals surface area contributed by atoms with Crippen molar-refractivity contribution < 1.29 is 13.9 Å². The number of para-hydroxylation sites is 1. The Bertz CT molecular complexity index is 1490. The number of carbonyl (C=O) groups is 1. The molecule has 0 spiro atoms. The summed E-state index contributed by atoms with van der Waals surface area (Å²) in [4.78, 5) is 17.1. The number of carbonyl (C=O) groups excluding carboxylic acids is 1. The summed E-state index contributed by atoms with van der Waals surface area (Å²) in [5, 5.41) is 7.01. The molecule has 0 aromatic heterocycles. The highest BCUT2D eigenvalue weighted by Gasteiger charge is 2.37. The van der Waals surface area contributed by atoms with Gasteiger partial charge in [0.2, 0.25) is 5.91 Å². The SMILES string of the molecule is COc1ccc(S[C@@H]2C[C@@H](C(=O)Nc3ccc4c(c3)Nc3ccccc3CC4)N(Cc3ccc(F)cc3)C2)cc1. The van der Waals surface area contributed by atoms with Crippen LogP contribution in [-0.4, -0.2) is 35.8 Å². The molecule has 204 valence electrons. The highest BCUT2D eigenvalue weighted by Crippen LogP contribution is 2.36. The number of hydrogen-bond donors (Lipinski definition) is 2. The van der Waals surface area contributed by atoms with Crippen LogP contribution in [0, 0.1) is 5.82 Å². The van der Waals surface area contributed by atoms with Crippen LogP contribution in [0.5, 0.6) is 5.75 Å². The molecule has 7 heteroatoms. The normalized spacial score (nSPS) is 18.2. The maximum absolute atomic E-state index is 13.7. The van der Waals surface area contributed by atoms with Crippen LogP contribution in [0.4, 0.5) is 21.5 Å². The van der Waals surface area contributed by atoms with Crippen LogP contribution in [0.15, 0.2) is 95.9 Å². The third kappa shape index (κ3) is 6.01. The van der Waals surface area contributed by atoms with Crippen LogP contribution in [0.1, 0.15) is 23.1 Å². The van der Waals surface area contributed by atoms with Gasteiger partial charge in [0.25, 0.3) is 0 Å². The molecule has 1 fully saturated rings. The summed E-state index contributed by atoms with van der Waals surface area (Å²) in [5.74, 6) is 0.547. The molecule has 2 atom stereocenters. The summed E-state index contributed by atoms with van der Waals surface area (Å²) >= 11 is 1.78. The lowest BCUT2D eigenvalue weighted by atomic mass is 10.0. The minimum atomic E-state index is -0.298. The predicted octanol–water partition coefficient (Wildman–Crippen LogP) is 7.05. The quantitative estimate of drug-likeness (QED) is 0.257. The first-order chi connectivity index (χ1) is 19.5. The first-order valence-corrected chi connectivity index (χ1v) is 14.5. The second kappa shape index (κ2) is 11.7. The number of benzene rings is 4. The van der Waals surface area contributed by atoms with Crippen LogP contribution in [0.2, 0.25) is 0 Å². The lowest BCUT2D eigenvalue weighted by molar-refractivity contribution is -0.120. The van der Waals surface area contributed by atoms with Crippen molar-refractivity contribution in [1.29, 1.82) is 0 Å². The molecule has 4 aromatic carbocycles. The number of hydrogen-bond acceptors (Lipinski definition) is 5. The maximum Gasteiger partial charge on any atom is 0.241 e. The van der Waals surface area contributed by atoms with Crippen LogP contribution >= 0.6 is 11.8 Å². The Hall–Kier alpha value is -3.81. The van der Waals surface area contributed by atoms with Crippen LogP contribution in [0.25, 0.3) is 0 Å². The Labute approximate surface area is 238 Å². The summed E-state index contributed by atoms with van der Waals surface area (Å²) in [6.07, 6.45) is 2.65. The van der Waals surface area contributed by atoms with E-state index in [1.165, 1.54) is 23.3 Å². The number of ether oxygens (including phenoxy) is 1. The van der Waals surface area contributed by atoms with Gasteiger partial charge < -0.3 is 15.4 Å². The molecule has 4 aromatic rings. The largest absolute Gasteiger partial charge is 0.497 e. The Kier molecular flexibility index (Phi) is 7.75. The van der Waals surface area contributed by atoms with Gasteiger partial charge in [-0.2, -0.15) is 0 Å². The van der Waals surface area contributed by atoms with E-state index in [1.54, 1.807) is 31.0 Å². The molecule has 2 aliphatic heterocycles. The molecule has 6 rings (SSSR count). The number of nitrogens with zero attached hydrogens (tertiary/aromatic N) is 1. The molecule has 0 bridgehead atoms. The summed E-state index contributed by atoms with van der Waals surface area (Å²) in [6.45, 7) is 1.34. The minimum Gasteiger partial charge on any atom is -0.497 e. The van der Waals surface area contributed by atoms with Crippen molar-refractivity contribution in [3.8, 4) is 5.75 Å². The second-order valence-electron chi connectivity index (χ2n) is 10.4. The van der Waals surface area contributed by atoms with Gasteiger partial charge in [0.05, 0.1) is 13.2 Å².